The van der Waals surface area contributed by atoms with E-state index in [1.165, 1.54) is 22.2 Å². The molecule has 0 aliphatic carbocycles. The third kappa shape index (κ3) is 3.73. The zero-order valence-electron chi connectivity index (χ0n) is 15.9. The third-order valence-electron chi connectivity index (χ3n) is 4.68. The minimum absolute atomic E-state index is 0.299. The molecular formula is C20H18N2O6S. The summed E-state index contributed by atoms with van der Waals surface area (Å²) < 4.78 is 17.1. The second kappa shape index (κ2) is 7.67. The molecule has 1 aromatic carbocycles. The molecule has 0 fully saturated rings. The monoisotopic (exact) mass is 414 g/mol. The number of nitrogens with zero attached hydrogens (tertiary/aromatic N) is 2. The molecule has 8 nitrogen and oxygen atoms in total. The Morgan fingerprint density at radius 3 is 2.76 bits per heavy atom. The van der Waals surface area contributed by atoms with Crippen molar-refractivity contribution in [2.75, 3.05) is 19.8 Å². The molecule has 2 aromatic heterocycles. The van der Waals surface area contributed by atoms with Gasteiger partial charge in [-0.25, -0.2) is 4.98 Å². The summed E-state index contributed by atoms with van der Waals surface area (Å²) in [6.45, 7) is 3.90. The van der Waals surface area contributed by atoms with Crippen LogP contribution in [-0.4, -0.2) is 41.1 Å². The quantitative estimate of drug-likeness (QED) is 0.467. The first-order valence-electron chi connectivity index (χ1n) is 8.97. The molecule has 0 N–H and O–H groups in total. The zero-order valence-corrected chi connectivity index (χ0v) is 16.7. The molecule has 0 saturated heterocycles. The minimum atomic E-state index is -0.691. The number of aryl methyl sites for hydroxylation is 2. The van der Waals surface area contributed by atoms with Crippen LogP contribution in [0.4, 0.5) is 0 Å². The van der Waals surface area contributed by atoms with Gasteiger partial charge in [-0.1, -0.05) is 0 Å². The maximum atomic E-state index is 12.6. The van der Waals surface area contributed by atoms with E-state index < -0.39 is 12.6 Å². The second-order valence-electron chi connectivity index (χ2n) is 6.58. The van der Waals surface area contributed by atoms with Gasteiger partial charge in [0.25, 0.3) is 5.56 Å². The standard InChI is InChI=1S/C20H18N2O6S/c1-11-12(2)29-19-18(11)20(25)22(10-21-19)8-17(24)28-9-14(23)13-3-4-15-16(7-13)27-6-5-26-15/h3-4,7,10H,5-6,8-9H2,1-2H3. The van der Waals surface area contributed by atoms with E-state index in [2.05, 4.69) is 4.98 Å². The van der Waals surface area contributed by atoms with E-state index in [1.54, 1.807) is 18.2 Å². The minimum Gasteiger partial charge on any atom is -0.486 e. The van der Waals surface area contributed by atoms with Gasteiger partial charge in [-0.05, 0) is 37.6 Å². The Bertz CT molecular complexity index is 1180. The zero-order chi connectivity index (χ0) is 20.5. The first kappa shape index (κ1) is 19.1. The maximum Gasteiger partial charge on any atom is 0.326 e. The van der Waals surface area contributed by atoms with Gasteiger partial charge in [0, 0.05) is 10.4 Å². The van der Waals surface area contributed by atoms with E-state index in [1.807, 2.05) is 13.8 Å². The SMILES string of the molecule is Cc1sc2ncn(CC(=O)OCC(=O)c3ccc4c(c3)OCCO4)c(=O)c2c1C. The number of carbonyl (C=O) groups excluding carboxylic acids is 2. The summed E-state index contributed by atoms with van der Waals surface area (Å²) in [5.74, 6) is -0.00361. The molecule has 0 radical (unpaired) electrons. The molecule has 0 unspecified atom stereocenters. The number of hydrogen-bond acceptors (Lipinski definition) is 8. The number of esters is 1. The van der Waals surface area contributed by atoms with E-state index in [-0.39, 0.29) is 17.9 Å². The molecule has 1 aliphatic heterocycles. The Labute approximate surface area is 169 Å². The van der Waals surface area contributed by atoms with Crippen molar-refractivity contribution in [1.82, 2.24) is 9.55 Å². The van der Waals surface area contributed by atoms with E-state index in [0.717, 1.165) is 10.4 Å². The predicted molar refractivity (Wildman–Crippen MR) is 106 cm³/mol. The van der Waals surface area contributed by atoms with Crippen molar-refractivity contribution in [3.63, 3.8) is 0 Å². The lowest BCUT2D eigenvalue weighted by molar-refractivity contribution is -0.143. The normalized spacial score (nSPS) is 12.8. The molecule has 29 heavy (non-hydrogen) atoms. The highest BCUT2D eigenvalue weighted by atomic mass is 32.1. The Morgan fingerprint density at radius 1 is 1.21 bits per heavy atom. The van der Waals surface area contributed by atoms with Crippen molar-refractivity contribution in [2.45, 2.75) is 20.4 Å². The fraction of sp³-hybridized carbons (Fsp3) is 0.300. The van der Waals surface area contributed by atoms with E-state index in [9.17, 15) is 14.4 Å². The van der Waals surface area contributed by atoms with Crippen LogP contribution in [0.15, 0.2) is 29.3 Å². The van der Waals surface area contributed by atoms with Crippen LogP contribution >= 0.6 is 11.3 Å². The van der Waals surface area contributed by atoms with Gasteiger partial charge in [0.05, 0.1) is 11.7 Å². The average Bonchev–Trinajstić information content (AvgIpc) is 3.02. The summed E-state index contributed by atoms with van der Waals surface area (Å²) >= 11 is 1.44. The highest BCUT2D eigenvalue weighted by Gasteiger charge is 2.18. The summed E-state index contributed by atoms with van der Waals surface area (Å²) in [5, 5.41) is 0.509. The number of carbonyl (C=O) groups is 2. The van der Waals surface area contributed by atoms with Crippen LogP contribution in [-0.2, 0) is 16.1 Å². The van der Waals surface area contributed by atoms with Crippen LogP contribution in [0.25, 0.3) is 10.2 Å². The number of ketones is 1. The number of thiophene rings is 1. The Morgan fingerprint density at radius 2 is 1.97 bits per heavy atom. The number of Topliss-reactive ketones (excluding diaryl/α,β-unsaturated/α-hetero) is 1. The number of ether oxygens (including phenoxy) is 3. The number of rotatable bonds is 5. The molecule has 0 saturated carbocycles. The van der Waals surface area contributed by atoms with Crippen molar-refractivity contribution in [3.05, 3.63) is 50.9 Å². The molecule has 0 bridgehead atoms. The Balaban J connectivity index is 1.42. The largest absolute Gasteiger partial charge is 0.486 e. The molecule has 1 aliphatic rings. The van der Waals surface area contributed by atoms with Crippen LogP contribution in [0, 0.1) is 13.8 Å². The van der Waals surface area contributed by atoms with Crippen LogP contribution in [0.3, 0.4) is 0 Å². The molecule has 9 heteroatoms. The summed E-state index contributed by atoms with van der Waals surface area (Å²) in [4.78, 5) is 43.0. The Hall–Kier alpha value is -3.20. The van der Waals surface area contributed by atoms with Gasteiger partial charge in [0.2, 0.25) is 0 Å². The molecule has 0 spiro atoms. The highest BCUT2D eigenvalue weighted by Crippen LogP contribution is 2.31. The van der Waals surface area contributed by atoms with E-state index in [4.69, 9.17) is 14.2 Å². The summed E-state index contributed by atoms with van der Waals surface area (Å²) in [6.07, 6.45) is 1.32. The fourth-order valence-corrected chi connectivity index (χ4v) is 4.00. The summed E-state index contributed by atoms with van der Waals surface area (Å²) in [7, 11) is 0. The number of benzene rings is 1. The van der Waals surface area contributed by atoms with Crippen molar-refractivity contribution in [1.29, 1.82) is 0 Å². The lowest BCUT2D eigenvalue weighted by Gasteiger charge is -2.18. The third-order valence-corrected chi connectivity index (χ3v) is 5.80. The van der Waals surface area contributed by atoms with Crippen LogP contribution in [0.5, 0.6) is 11.5 Å². The van der Waals surface area contributed by atoms with Crippen molar-refractivity contribution in [2.24, 2.45) is 0 Å². The van der Waals surface area contributed by atoms with Gasteiger partial charge in [-0.15, -0.1) is 11.3 Å². The summed E-state index contributed by atoms with van der Waals surface area (Å²) in [5.41, 5.74) is 0.914. The van der Waals surface area contributed by atoms with E-state index in [0.29, 0.717) is 40.5 Å². The lowest BCUT2D eigenvalue weighted by Crippen LogP contribution is -2.26. The molecule has 150 valence electrons. The number of fused-ring (bicyclic) bond motifs is 2. The van der Waals surface area contributed by atoms with Gasteiger partial charge in [-0.3, -0.25) is 19.0 Å². The van der Waals surface area contributed by atoms with Gasteiger partial charge >= 0.3 is 5.97 Å². The van der Waals surface area contributed by atoms with Gasteiger partial charge in [0.15, 0.2) is 23.9 Å². The van der Waals surface area contributed by atoms with E-state index >= 15 is 0 Å². The van der Waals surface area contributed by atoms with Gasteiger partial charge in [-0.2, -0.15) is 0 Å². The van der Waals surface area contributed by atoms with Crippen molar-refractivity contribution in [3.8, 4) is 11.5 Å². The maximum absolute atomic E-state index is 12.6. The molecule has 3 aromatic rings. The molecule has 0 atom stereocenters. The van der Waals surface area contributed by atoms with Gasteiger partial charge < -0.3 is 14.2 Å². The second-order valence-corrected chi connectivity index (χ2v) is 7.79. The van der Waals surface area contributed by atoms with Crippen molar-refractivity contribution < 1.29 is 23.8 Å². The van der Waals surface area contributed by atoms with Crippen LogP contribution in [0.1, 0.15) is 20.8 Å². The Kier molecular flexibility index (Phi) is 5.06. The highest BCUT2D eigenvalue weighted by molar-refractivity contribution is 7.18. The van der Waals surface area contributed by atoms with Gasteiger partial charge in [0.1, 0.15) is 24.6 Å². The smallest absolute Gasteiger partial charge is 0.326 e. The lowest BCUT2D eigenvalue weighted by atomic mass is 10.1. The van der Waals surface area contributed by atoms with Crippen LogP contribution in [0.2, 0.25) is 0 Å². The first-order valence-corrected chi connectivity index (χ1v) is 9.79. The predicted octanol–water partition coefficient (Wildman–Crippen LogP) is 2.27. The first-order chi connectivity index (χ1) is 13.9. The molecule has 4 rings (SSSR count). The average molecular weight is 414 g/mol. The fourth-order valence-electron chi connectivity index (χ4n) is 3.01. The summed E-state index contributed by atoms with van der Waals surface area (Å²) in [6, 6.07) is 4.80. The number of hydrogen-bond donors (Lipinski definition) is 0. The van der Waals surface area contributed by atoms with Crippen LogP contribution < -0.4 is 15.0 Å². The topological polar surface area (TPSA) is 96.7 Å². The number of aromatic nitrogens is 2. The van der Waals surface area contributed by atoms with Crippen molar-refractivity contribution >= 4 is 33.3 Å². The molecular weight excluding hydrogens is 396 g/mol. The molecule has 3 heterocycles. The molecule has 0 amide bonds.